The first kappa shape index (κ1) is 16.7. The summed E-state index contributed by atoms with van der Waals surface area (Å²) in [5, 5.41) is 12.3. The molecule has 0 fully saturated rings. The van der Waals surface area contributed by atoms with E-state index < -0.39 is 15.6 Å². The zero-order valence-corrected chi connectivity index (χ0v) is 14.0. The average Bonchev–Trinajstić information content (AvgIpc) is 2.83. The molecule has 0 aromatic heterocycles. The number of sulfonamides is 1. The highest BCUT2D eigenvalue weighted by Gasteiger charge is 2.20. The minimum absolute atomic E-state index is 0.123. The molecule has 7 heteroatoms. The van der Waals surface area contributed by atoms with E-state index in [0.717, 1.165) is 10.3 Å². The highest BCUT2D eigenvalue weighted by Crippen LogP contribution is 2.13. The summed E-state index contributed by atoms with van der Waals surface area (Å²) < 4.78 is 27.3. The van der Waals surface area contributed by atoms with Gasteiger partial charge in [0.1, 0.15) is 0 Å². The smallest absolute Gasteiger partial charge is 0.241 e. The van der Waals surface area contributed by atoms with Crippen LogP contribution in [-0.2, 0) is 10.0 Å². The Hall–Kier alpha value is -1.70. The topological polar surface area (TPSA) is 82.0 Å². The van der Waals surface area contributed by atoms with Crippen molar-refractivity contribution in [3.63, 3.8) is 0 Å². The van der Waals surface area contributed by atoms with Gasteiger partial charge in [0, 0.05) is 29.4 Å². The molecular weight excluding hydrogens is 302 g/mol. The highest BCUT2D eigenvalue weighted by molar-refractivity contribution is 7.89. The molecule has 0 atom stereocenters. The number of aliphatic imine (C=N–C) groups is 1. The van der Waals surface area contributed by atoms with Gasteiger partial charge in [-0.15, -0.1) is 0 Å². The van der Waals surface area contributed by atoms with Crippen molar-refractivity contribution in [1.29, 1.82) is 0 Å². The second kappa shape index (κ2) is 5.83. The van der Waals surface area contributed by atoms with Crippen LogP contribution in [0, 0.1) is 0 Å². The number of nitrogens with zero attached hydrogens (tertiary/aromatic N) is 2. The predicted molar refractivity (Wildman–Crippen MR) is 87.0 cm³/mol. The van der Waals surface area contributed by atoms with E-state index in [1.807, 2.05) is 20.8 Å². The molecular formula is C15H21N3O3S. The van der Waals surface area contributed by atoms with E-state index in [-0.39, 0.29) is 4.90 Å². The summed E-state index contributed by atoms with van der Waals surface area (Å²) in [7, 11) is -3.65. The van der Waals surface area contributed by atoms with Crippen molar-refractivity contribution >= 4 is 34.2 Å². The third-order valence-corrected chi connectivity index (χ3v) is 4.80. The van der Waals surface area contributed by atoms with E-state index in [1.54, 1.807) is 31.3 Å². The van der Waals surface area contributed by atoms with E-state index in [1.165, 1.54) is 6.20 Å². The van der Waals surface area contributed by atoms with Gasteiger partial charge >= 0.3 is 0 Å². The summed E-state index contributed by atoms with van der Waals surface area (Å²) in [4.78, 5) is 4.31. The van der Waals surface area contributed by atoms with Crippen LogP contribution < -0.4 is 15.2 Å². The minimum Gasteiger partial charge on any atom is -0.288 e. The summed E-state index contributed by atoms with van der Waals surface area (Å²) >= 11 is 0. The molecule has 1 aliphatic rings. The van der Waals surface area contributed by atoms with E-state index in [2.05, 4.69) is 9.71 Å². The average molecular weight is 323 g/mol. The van der Waals surface area contributed by atoms with Gasteiger partial charge < -0.3 is 0 Å². The molecule has 0 saturated carbocycles. The van der Waals surface area contributed by atoms with Crippen molar-refractivity contribution in [1.82, 2.24) is 9.79 Å². The van der Waals surface area contributed by atoms with E-state index in [0.29, 0.717) is 17.5 Å². The van der Waals surface area contributed by atoms with Gasteiger partial charge in [0.05, 0.1) is 16.1 Å². The fourth-order valence-electron chi connectivity index (χ4n) is 1.97. The molecule has 0 unspecified atom stereocenters. The Morgan fingerprint density at radius 2 is 2.05 bits per heavy atom. The molecule has 0 amide bonds. The number of nitrogens with one attached hydrogen (secondary N) is 1. The molecule has 0 saturated heterocycles. The molecule has 2 rings (SSSR count). The lowest BCUT2D eigenvalue weighted by molar-refractivity contribution is -0.0906. The van der Waals surface area contributed by atoms with Crippen LogP contribution in [-0.4, -0.2) is 37.0 Å². The Morgan fingerprint density at radius 1 is 1.36 bits per heavy atom. The molecule has 1 aliphatic heterocycles. The first-order chi connectivity index (χ1) is 10.1. The van der Waals surface area contributed by atoms with E-state index in [9.17, 15) is 13.6 Å². The summed E-state index contributed by atoms with van der Waals surface area (Å²) in [6.45, 7) is 7.47. The van der Waals surface area contributed by atoms with Crippen LogP contribution in [0.4, 0.5) is 5.69 Å². The Balaban J connectivity index is 2.70. The fraction of sp³-hybridized carbons (Fsp3) is 0.400. The quantitative estimate of drug-likeness (QED) is 0.800. The first-order valence-electron chi connectivity index (χ1n) is 7.03. The van der Waals surface area contributed by atoms with Crippen molar-refractivity contribution in [2.24, 2.45) is 4.99 Å². The Bertz CT molecular complexity index is 821. The monoisotopic (exact) mass is 323 g/mol. The zero-order chi connectivity index (χ0) is 16.5. The van der Waals surface area contributed by atoms with Crippen LogP contribution in [0.5, 0.6) is 0 Å². The Labute approximate surface area is 130 Å². The predicted octanol–water partition coefficient (Wildman–Crippen LogP) is 0.709. The van der Waals surface area contributed by atoms with Crippen LogP contribution in [0.3, 0.4) is 0 Å². The molecule has 1 heterocycles. The number of hydroxylamine groups is 2. The first-order valence-corrected chi connectivity index (χ1v) is 8.51. The molecule has 1 aromatic carbocycles. The van der Waals surface area contributed by atoms with Gasteiger partial charge in [-0.3, -0.25) is 15.3 Å². The highest BCUT2D eigenvalue weighted by atomic mass is 32.2. The number of hydrogen-bond acceptors (Lipinski definition) is 5. The van der Waals surface area contributed by atoms with Crippen molar-refractivity contribution in [2.45, 2.75) is 38.1 Å². The maximum atomic E-state index is 12.4. The van der Waals surface area contributed by atoms with E-state index in [4.69, 9.17) is 0 Å². The lowest BCUT2D eigenvalue weighted by atomic mass is 10.1. The van der Waals surface area contributed by atoms with Gasteiger partial charge in [-0.25, -0.2) is 13.1 Å². The van der Waals surface area contributed by atoms with Gasteiger partial charge in [-0.1, -0.05) is 6.92 Å². The van der Waals surface area contributed by atoms with Crippen LogP contribution in [0.1, 0.15) is 27.7 Å². The molecule has 22 heavy (non-hydrogen) atoms. The standard InChI is InChI=1S/C15H21N3O3S/c1-5-17-22(20,21)14-9-11-6-7-16-13(11)8-12(14)10-18(19)15(2,3)4/h6-10,17,19H,5H2,1-4H3/b12-10+. The van der Waals surface area contributed by atoms with Gasteiger partial charge in [0.15, 0.2) is 0 Å². The fourth-order valence-corrected chi connectivity index (χ4v) is 3.21. The largest absolute Gasteiger partial charge is 0.288 e. The Kier molecular flexibility index (Phi) is 4.42. The second-order valence-corrected chi connectivity index (χ2v) is 7.77. The second-order valence-electron chi connectivity index (χ2n) is 6.04. The zero-order valence-electron chi connectivity index (χ0n) is 13.2. The molecule has 0 aliphatic carbocycles. The number of rotatable bonds is 4. The van der Waals surface area contributed by atoms with Gasteiger partial charge in [-0.05, 0) is 39.0 Å². The van der Waals surface area contributed by atoms with E-state index >= 15 is 0 Å². The number of fused-ring (bicyclic) bond motifs is 1. The van der Waals surface area contributed by atoms with Crippen molar-refractivity contribution < 1.29 is 13.6 Å². The maximum Gasteiger partial charge on any atom is 0.241 e. The van der Waals surface area contributed by atoms with Crippen molar-refractivity contribution in [3.05, 3.63) is 22.6 Å². The molecule has 120 valence electrons. The maximum absolute atomic E-state index is 12.4. The molecule has 0 bridgehead atoms. The van der Waals surface area contributed by atoms with Crippen molar-refractivity contribution in [3.8, 4) is 0 Å². The molecule has 2 N–H and O–H groups in total. The molecule has 6 nitrogen and oxygen atoms in total. The lowest BCUT2D eigenvalue weighted by Crippen LogP contribution is -2.37. The van der Waals surface area contributed by atoms with Gasteiger partial charge in [-0.2, -0.15) is 0 Å². The number of benzene rings is 1. The third kappa shape index (κ3) is 3.37. The summed E-state index contributed by atoms with van der Waals surface area (Å²) in [6, 6.07) is 3.23. The summed E-state index contributed by atoms with van der Waals surface area (Å²) in [6.07, 6.45) is 4.79. The summed E-state index contributed by atoms with van der Waals surface area (Å²) in [5.74, 6) is 0. The normalized spacial score (nSPS) is 14.9. The lowest BCUT2D eigenvalue weighted by Gasteiger charge is -2.28. The van der Waals surface area contributed by atoms with Crippen molar-refractivity contribution in [2.75, 3.05) is 6.54 Å². The minimum atomic E-state index is -3.65. The Morgan fingerprint density at radius 3 is 2.64 bits per heavy atom. The van der Waals surface area contributed by atoms with Gasteiger partial charge in [0.2, 0.25) is 10.0 Å². The SMILES string of the molecule is CCNS(=O)(=O)c1cc2c(c/c1=C\N(O)C(C)(C)C)N=CC=2. The van der Waals surface area contributed by atoms with Crippen LogP contribution >= 0.6 is 0 Å². The molecule has 0 spiro atoms. The molecule has 1 aromatic rings. The van der Waals surface area contributed by atoms with Crippen LogP contribution in [0.25, 0.3) is 12.3 Å². The molecule has 0 radical (unpaired) electrons. The van der Waals surface area contributed by atoms with Gasteiger partial charge in [0.25, 0.3) is 0 Å². The summed E-state index contributed by atoms with van der Waals surface area (Å²) in [5.41, 5.74) is 0.136. The number of hydrogen-bond donors (Lipinski definition) is 2. The third-order valence-electron chi connectivity index (χ3n) is 3.20. The van der Waals surface area contributed by atoms with Crippen LogP contribution in [0.15, 0.2) is 22.0 Å². The van der Waals surface area contributed by atoms with Crippen LogP contribution in [0.2, 0.25) is 0 Å².